The van der Waals surface area contributed by atoms with Gasteiger partial charge in [0.1, 0.15) is 11.5 Å². The number of benzene rings is 2. The first-order valence-corrected chi connectivity index (χ1v) is 10.3. The van der Waals surface area contributed by atoms with E-state index in [9.17, 15) is 9.59 Å². The summed E-state index contributed by atoms with van der Waals surface area (Å²) in [4.78, 5) is 32.1. The molecular formula is C25H25N3O4. The molecule has 2 heterocycles. The zero-order chi connectivity index (χ0) is 22.7. The molecule has 7 heteroatoms. The van der Waals surface area contributed by atoms with E-state index in [1.165, 1.54) is 0 Å². The van der Waals surface area contributed by atoms with Crippen molar-refractivity contribution in [2.24, 2.45) is 0 Å². The Morgan fingerprint density at radius 2 is 1.88 bits per heavy atom. The second kappa shape index (κ2) is 9.09. The molecular weight excluding hydrogens is 406 g/mol. The van der Waals surface area contributed by atoms with Gasteiger partial charge in [-0.05, 0) is 49.4 Å². The van der Waals surface area contributed by atoms with Crippen LogP contribution in [0.3, 0.4) is 0 Å². The molecule has 0 spiro atoms. The van der Waals surface area contributed by atoms with E-state index in [1.54, 1.807) is 49.6 Å². The minimum absolute atomic E-state index is 0.0932. The summed E-state index contributed by atoms with van der Waals surface area (Å²) in [6.07, 6.45) is 1.74. The lowest BCUT2D eigenvalue weighted by molar-refractivity contribution is -0.121. The predicted molar refractivity (Wildman–Crippen MR) is 121 cm³/mol. The van der Waals surface area contributed by atoms with Crippen molar-refractivity contribution in [2.45, 2.75) is 25.9 Å². The molecule has 0 aliphatic carbocycles. The molecule has 7 nitrogen and oxygen atoms in total. The smallest absolute Gasteiger partial charge is 0.260 e. The topological polar surface area (TPSA) is 80.8 Å². The molecule has 4 rings (SSSR count). The molecule has 3 aromatic rings. The highest BCUT2D eigenvalue weighted by Crippen LogP contribution is 2.38. The first-order chi connectivity index (χ1) is 15.5. The van der Waals surface area contributed by atoms with Crippen LogP contribution in [0.4, 0.5) is 5.69 Å². The van der Waals surface area contributed by atoms with Crippen LogP contribution in [0.15, 0.2) is 60.8 Å². The Balaban J connectivity index is 1.55. The van der Waals surface area contributed by atoms with Crippen molar-refractivity contribution >= 4 is 17.5 Å². The molecule has 0 bridgehead atoms. The highest BCUT2D eigenvalue weighted by Gasteiger charge is 2.39. The molecule has 1 aliphatic rings. The number of fused-ring (bicyclic) bond motifs is 1. The summed E-state index contributed by atoms with van der Waals surface area (Å²) < 4.78 is 10.7. The standard InChI is InChI=1S/C25H25N3O4/c1-16-6-8-18(9-7-16)28-21(24-20(25(28)30)5-4-12-26-24)14-23(29)27-15-17-13-19(31-2)10-11-22(17)32-3/h4-13,21H,14-15H2,1-3H3,(H,27,29). The maximum Gasteiger partial charge on any atom is 0.260 e. The molecule has 32 heavy (non-hydrogen) atoms. The van der Waals surface area contributed by atoms with Gasteiger partial charge >= 0.3 is 0 Å². The first kappa shape index (κ1) is 21.4. The number of hydrogen-bond acceptors (Lipinski definition) is 5. The second-order valence-electron chi connectivity index (χ2n) is 7.62. The van der Waals surface area contributed by atoms with Crippen LogP contribution in [0.2, 0.25) is 0 Å². The molecule has 2 aromatic carbocycles. The van der Waals surface area contributed by atoms with Gasteiger partial charge in [0, 0.05) is 24.0 Å². The van der Waals surface area contributed by atoms with E-state index in [2.05, 4.69) is 10.3 Å². The van der Waals surface area contributed by atoms with E-state index in [-0.39, 0.29) is 24.8 Å². The summed E-state index contributed by atoms with van der Waals surface area (Å²) in [5, 5.41) is 2.94. The van der Waals surface area contributed by atoms with Gasteiger partial charge in [-0.3, -0.25) is 19.5 Å². The van der Waals surface area contributed by atoms with E-state index < -0.39 is 6.04 Å². The van der Waals surface area contributed by atoms with E-state index in [0.29, 0.717) is 22.8 Å². The average Bonchev–Trinajstić information content (AvgIpc) is 3.09. The summed E-state index contributed by atoms with van der Waals surface area (Å²) in [5.74, 6) is 1.00. The number of nitrogens with one attached hydrogen (secondary N) is 1. The number of aryl methyl sites for hydroxylation is 1. The molecule has 2 amide bonds. The zero-order valence-electron chi connectivity index (χ0n) is 18.3. The number of hydrogen-bond donors (Lipinski definition) is 1. The Labute approximate surface area is 187 Å². The van der Waals surface area contributed by atoms with Crippen molar-refractivity contribution in [3.05, 3.63) is 83.2 Å². The van der Waals surface area contributed by atoms with Gasteiger partial charge in [0.25, 0.3) is 5.91 Å². The van der Waals surface area contributed by atoms with Crippen LogP contribution in [-0.4, -0.2) is 31.0 Å². The highest BCUT2D eigenvalue weighted by molar-refractivity contribution is 6.11. The van der Waals surface area contributed by atoms with Crippen LogP contribution in [0.1, 0.15) is 39.6 Å². The largest absolute Gasteiger partial charge is 0.497 e. The first-order valence-electron chi connectivity index (χ1n) is 10.3. The molecule has 0 fully saturated rings. The van der Waals surface area contributed by atoms with E-state index >= 15 is 0 Å². The lowest BCUT2D eigenvalue weighted by Crippen LogP contribution is -2.33. The van der Waals surface area contributed by atoms with Gasteiger partial charge < -0.3 is 14.8 Å². The van der Waals surface area contributed by atoms with E-state index in [0.717, 1.165) is 16.8 Å². The number of pyridine rings is 1. The Bertz CT molecular complexity index is 1140. The third-order valence-corrected chi connectivity index (χ3v) is 5.57. The van der Waals surface area contributed by atoms with Crippen LogP contribution in [0, 0.1) is 6.92 Å². The van der Waals surface area contributed by atoms with Crippen molar-refractivity contribution in [3.63, 3.8) is 0 Å². The lowest BCUT2D eigenvalue weighted by Gasteiger charge is -2.25. The molecule has 164 valence electrons. The van der Waals surface area contributed by atoms with Crippen molar-refractivity contribution in [3.8, 4) is 11.5 Å². The van der Waals surface area contributed by atoms with Crippen LogP contribution in [0.25, 0.3) is 0 Å². The Kier molecular flexibility index (Phi) is 6.07. The number of carbonyl (C=O) groups is 2. The average molecular weight is 431 g/mol. The number of methoxy groups -OCH3 is 2. The number of anilines is 1. The molecule has 1 atom stereocenters. The summed E-state index contributed by atoms with van der Waals surface area (Å²) in [7, 11) is 3.17. The molecule has 1 aromatic heterocycles. The highest BCUT2D eigenvalue weighted by atomic mass is 16.5. The summed E-state index contributed by atoms with van der Waals surface area (Å²) >= 11 is 0. The number of nitrogens with zero attached hydrogens (tertiary/aromatic N) is 2. The lowest BCUT2D eigenvalue weighted by atomic mass is 10.1. The fraction of sp³-hybridized carbons (Fsp3) is 0.240. The van der Waals surface area contributed by atoms with Gasteiger partial charge in [-0.15, -0.1) is 0 Å². The number of carbonyl (C=O) groups excluding carboxylic acids is 2. The van der Waals surface area contributed by atoms with Gasteiger partial charge in [-0.2, -0.15) is 0 Å². The fourth-order valence-corrected chi connectivity index (χ4v) is 3.91. The normalized spacial score (nSPS) is 14.8. The van der Waals surface area contributed by atoms with Crippen LogP contribution < -0.4 is 19.7 Å². The van der Waals surface area contributed by atoms with Crippen LogP contribution in [-0.2, 0) is 11.3 Å². The molecule has 1 unspecified atom stereocenters. The zero-order valence-corrected chi connectivity index (χ0v) is 18.3. The van der Waals surface area contributed by atoms with Gasteiger partial charge in [0.15, 0.2) is 0 Å². The summed E-state index contributed by atoms with van der Waals surface area (Å²) in [5.41, 5.74) is 3.78. The van der Waals surface area contributed by atoms with E-state index in [4.69, 9.17) is 9.47 Å². The van der Waals surface area contributed by atoms with Crippen molar-refractivity contribution in [2.75, 3.05) is 19.1 Å². The van der Waals surface area contributed by atoms with Gasteiger partial charge in [0.05, 0.1) is 37.9 Å². The summed E-state index contributed by atoms with van der Waals surface area (Å²) in [6.45, 7) is 2.27. The molecule has 0 saturated heterocycles. The van der Waals surface area contributed by atoms with E-state index in [1.807, 2.05) is 37.3 Å². The minimum Gasteiger partial charge on any atom is -0.497 e. The quantitative estimate of drug-likeness (QED) is 0.615. The predicted octanol–water partition coefficient (Wildman–Crippen LogP) is 3.82. The maximum absolute atomic E-state index is 13.1. The van der Waals surface area contributed by atoms with Crippen molar-refractivity contribution in [1.29, 1.82) is 0 Å². The minimum atomic E-state index is -0.478. The SMILES string of the molecule is COc1ccc(OC)c(CNC(=O)CC2c3ncccc3C(=O)N2c2ccc(C)cc2)c1. The Morgan fingerprint density at radius 3 is 2.59 bits per heavy atom. The molecule has 1 N–H and O–H groups in total. The number of rotatable bonds is 7. The Morgan fingerprint density at radius 1 is 1.09 bits per heavy atom. The van der Waals surface area contributed by atoms with Gasteiger partial charge in [-0.1, -0.05) is 17.7 Å². The molecule has 0 radical (unpaired) electrons. The molecule has 0 saturated carbocycles. The number of aromatic nitrogens is 1. The van der Waals surface area contributed by atoms with Crippen LogP contribution in [0.5, 0.6) is 11.5 Å². The van der Waals surface area contributed by atoms with Gasteiger partial charge in [-0.25, -0.2) is 0 Å². The van der Waals surface area contributed by atoms with Crippen molar-refractivity contribution < 1.29 is 19.1 Å². The number of ether oxygens (including phenoxy) is 2. The Hall–Kier alpha value is -3.87. The van der Waals surface area contributed by atoms with Gasteiger partial charge in [0.2, 0.25) is 5.91 Å². The number of amides is 2. The third kappa shape index (κ3) is 4.14. The summed E-state index contributed by atoms with van der Waals surface area (Å²) in [6, 6.07) is 16.1. The van der Waals surface area contributed by atoms with Crippen LogP contribution >= 0.6 is 0 Å². The molecule has 1 aliphatic heterocycles. The second-order valence-corrected chi connectivity index (χ2v) is 7.62. The third-order valence-electron chi connectivity index (χ3n) is 5.57. The maximum atomic E-state index is 13.1. The fourth-order valence-electron chi connectivity index (χ4n) is 3.91. The van der Waals surface area contributed by atoms with Crippen molar-refractivity contribution in [1.82, 2.24) is 10.3 Å². The monoisotopic (exact) mass is 431 g/mol.